The summed E-state index contributed by atoms with van der Waals surface area (Å²) >= 11 is 0. The molecule has 19 heavy (non-hydrogen) atoms. The first-order valence-electron chi connectivity index (χ1n) is 7.50. The summed E-state index contributed by atoms with van der Waals surface area (Å²) in [5, 5.41) is 7.10. The Morgan fingerprint density at radius 3 is 3.05 bits per heavy atom. The van der Waals surface area contributed by atoms with Gasteiger partial charge in [0.15, 0.2) is 0 Å². The molecule has 1 atom stereocenters. The van der Waals surface area contributed by atoms with E-state index in [2.05, 4.69) is 35.5 Å². The van der Waals surface area contributed by atoms with Crippen LogP contribution in [-0.2, 0) is 5.41 Å². The van der Waals surface area contributed by atoms with Crippen molar-refractivity contribution in [2.24, 2.45) is 5.92 Å². The molecule has 106 valence electrons. The van der Waals surface area contributed by atoms with Gasteiger partial charge in [-0.05, 0) is 56.4 Å². The highest BCUT2D eigenvalue weighted by atomic mass is 14.9. The predicted octanol–water partition coefficient (Wildman–Crippen LogP) is 2.34. The number of pyridine rings is 1. The molecule has 3 heteroatoms. The maximum absolute atomic E-state index is 4.22. The van der Waals surface area contributed by atoms with Gasteiger partial charge in [-0.2, -0.15) is 0 Å². The standard InChI is InChI=1S/C16H27N3/c1-16(2,15-6-4-9-18-12-15)13-19-10-7-14-5-3-8-17-11-14/h4,6,9,12,14,17,19H,3,5,7-8,10-11,13H2,1-2H3. The van der Waals surface area contributed by atoms with Crippen molar-refractivity contribution in [2.45, 2.75) is 38.5 Å². The third-order valence-corrected chi connectivity index (χ3v) is 4.14. The largest absolute Gasteiger partial charge is 0.316 e. The van der Waals surface area contributed by atoms with Gasteiger partial charge in [-0.15, -0.1) is 0 Å². The molecule has 0 aliphatic carbocycles. The summed E-state index contributed by atoms with van der Waals surface area (Å²) in [5.74, 6) is 0.864. The van der Waals surface area contributed by atoms with E-state index in [0.29, 0.717) is 0 Å². The molecule has 2 heterocycles. The molecule has 1 fully saturated rings. The van der Waals surface area contributed by atoms with E-state index in [1.807, 2.05) is 18.5 Å². The highest BCUT2D eigenvalue weighted by Crippen LogP contribution is 2.21. The highest BCUT2D eigenvalue weighted by molar-refractivity contribution is 5.19. The van der Waals surface area contributed by atoms with Crippen molar-refractivity contribution in [1.29, 1.82) is 0 Å². The number of hydrogen-bond acceptors (Lipinski definition) is 3. The fourth-order valence-corrected chi connectivity index (χ4v) is 2.74. The van der Waals surface area contributed by atoms with Crippen molar-refractivity contribution in [3.05, 3.63) is 30.1 Å². The van der Waals surface area contributed by atoms with Crippen LogP contribution in [0.5, 0.6) is 0 Å². The Balaban J connectivity index is 1.69. The molecule has 2 N–H and O–H groups in total. The molecule has 0 radical (unpaired) electrons. The van der Waals surface area contributed by atoms with Gasteiger partial charge in [0.2, 0.25) is 0 Å². The van der Waals surface area contributed by atoms with Crippen LogP contribution in [0.15, 0.2) is 24.5 Å². The minimum atomic E-state index is 0.152. The van der Waals surface area contributed by atoms with E-state index in [1.54, 1.807) is 0 Å². The van der Waals surface area contributed by atoms with Crippen LogP contribution >= 0.6 is 0 Å². The van der Waals surface area contributed by atoms with E-state index >= 15 is 0 Å². The van der Waals surface area contributed by atoms with Gasteiger partial charge in [0.1, 0.15) is 0 Å². The van der Waals surface area contributed by atoms with Gasteiger partial charge < -0.3 is 10.6 Å². The molecule has 2 rings (SSSR count). The Labute approximate surface area is 117 Å². The topological polar surface area (TPSA) is 37.0 Å². The second kappa shape index (κ2) is 7.01. The van der Waals surface area contributed by atoms with Crippen LogP contribution in [0.25, 0.3) is 0 Å². The van der Waals surface area contributed by atoms with Crippen LogP contribution in [0.1, 0.15) is 38.7 Å². The summed E-state index contributed by atoms with van der Waals surface area (Å²) in [7, 11) is 0. The SMILES string of the molecule is CC(C)(CNCCC1CCCNC1)c1cccnc1. The fourth-order valence-electron chi connectivity index (χ4n) is 2.74. The lowest BCUT2D eigenvalue weighted by Crippen LogP contribution is -2.36. The third kappa shape index (κ3) is 4.59. The predicted molar refractivity (Wildman–Crippen MR) is 80.3 cm³/mol. The minimum Gasteiger partial charge on any atom is -0.316 e. The minimum absolute atomic E-state index is 0.152. The maximum atomic E-state index is 4.22. The molecule has 1 aliphatic heterocycles. The monoisotopic (exact) mass is 261 g/mol. The van der Waals surface area contributed by atoms with E-state index in [4.69, 9.17) is 0 Å². The van der Waals surface area contributed by atoms with Crippen LogP contribution in [0.3, 0.4) is 0 Å². The van der Waals surface area contributed by atoms with Gasteiger partial charge in [0, 0.05) is 24.4 Å². The number of nitrogens with zero attached hydrogens (tertiary/aromatic N) is 1. The lowest BCUT2D eigenvalue weighted by atomic mass is 9.85. The quantitative estimate of drug-likeness (QED) is 0.772. The molecule has 0 spiro atoms. The number of nitrogens with one attached hydrogen (secondary N) is 2. The number of aromatic nitrogens is 1. The summed E-state index contributed by atoms with van der Waals surface area (Å²) in [6.07, 6.45) is 7.83. The number of piperidine rings is 1. The summed E-state index contributed by atoms with van der Waals surface area (Å²) in [4.78, 5) is 4.22. The summed E-state index contributed by atoms with van der Waals surface area (Å²) in [6, 6.07) is 4.19. The maximum Gasteiger partial charge on any atom is 0.0305 e. The molecule has 1 aliphatic rings. The molecule has 3 nitrogen and oxygen atoms in total. The van der Waals surface area contributed by atoms with E-state index in [0.717, 1.165) is 19.0 Å². The van der Waals surface area contributed by atoms with Crippen LogP contribution < -0.4 is 10.6 Å². The number of hydrogen-bond donors (Lipinski definition) is 2. The Hall–Kier alpha value is -0.930. The van der Waals surface area contributed by atoms with Crippen LogP contribution in [0, 0.1) is 5.92 Å². The van der Waals surface area contributed by atoms with Crippen molar-refractivity contribution >= 4 is 0 Å². The van der Waals surface area contributed by atoms with Crippen LogP contribution in [0.4, 0.5) is 0 Å². The van der Waals surface area contributed by atoms with Gasteiger partial charge in [-0.1, -0.05) is 19.9 Å². The average Bonchev–Trinajstić information content (AvgIpc) is 2.46. The lowest BCUT2D eigenvalue weighted by Gasteiger charge is -2.27. The summed E-state index contributed by atoms with van der Waals surface area (Å²) in [6.45, 7) is 9.10. The molecular weight excluding hydrogens is 234 g/mol. The van der Waals surface area contributed by atoms with E-state index in [1.165, 1.54) is 37.9 Å². The lowest BCUT2D eigenvalue weighted by molar-refractivity contribution is 0.345. The van der Waals surface area contributed by atoms with Gasteiger partial charge in [-0.25, -0.2) is 0 Å². The van der Waals surface area contributed by atoms with Crippen molar-refractivity contribution in [1.82, 2.24) is 15.6 Å². The van der Waals surface area contributed by atoms with E-state index in [-0.39, 0.29) is 5.41 Å². The zero-order valence-electron chi connectivity index (χ0n) is 12.3. The van der Waals surface area contributed by atoms with Crippen molar-refractivity contribution in [3.8, 4) is 0 Å². The van der Waals surface area contributed by atoms with Crippen LogP contribution in [-0.4, -0.2) is 31.2 Å². The third-order valence-electron chi connectivity index (χ3n) is 4.14. The summed E-state index contributed by atoms with van der Waals surface area (Å²) < 4.78 is 0. The second-order valence-corrected chi connectivity index (χ2v) is 6.30. The van der Waals surface area contributed by atoms with Crippen molar-refractivity contribution < 1.29 is 0 Å². The molecule has 1 unspecified atom stereocenters. The Kier molecular flexibility index (Phi) is 5.34. The van der Waals surface area contributed by atoms with Gasteiger partial charge in [0.05, 0.1) is 0 Å². The zero-order valence-corrected chi connectivity index (χ0v) is 12.3. The first kappa shape index (κ1) is 14.5. The fraction of sp³-hybridized carbons (Fsp3) is 0.688. The highest BCUT2D eigenvalue weighted by Gasteiger charge is 2.20. The number of rotatable bonds is 6. The first-order chi connectivity index (χ1) is 9.18. The Bertz CT molecular complexity index is 356. The van der Waals surface area contributed by atoms with Crippen molar-refractivity contribution in [2.75, 3.05) is 26.2 Å². The van der Waals surface area contributed by atoms with Gasteiger partial charge in [0.25, 0.3) is 0 Å². The zero-order chi connectivity index (χ0) is 13.6. The second-order valence-electron chi connectivity index (χ2n) is 6.30. The molecule has 0 bridgehead atoms. The molecular formula is C16H27N3. The van der Waals surface area contributed by atoms with Crippen molar-refractivity contribution in [3.63, 3.8) is 0 Å². The van der Waals surface area contributed by atoms with Gasteiger partial charge in [-0.3, -0.25) is 4.98 Å². The summed E-state index contributed by atoms with van der Waals surface area (Å²) in [5.41, 5.74) is 1.46. The molecule has 0 aromatic carbocycles. The first-order valence-corrected chi connectivity index (χ1v) is 7.50. The molecule has 1 saturated heterocycles. The normalized spacial score (nSPS) is 20.4. The van der Waals surface area contributed by atoms with Gasteiger partial charge >= 0.3 is 0 Å². The van der Waals surface area contributed by atoms with Crippen LogP contribution in [0.2, 0.25) is 0 Å². The average molecular weight is 261 g/mol. The molecule has 1 aromatic rings. The Morgan fingerprint density at radius 2 is 2.37 bits per heavy atom. The van der Waals surface area contributed by atoms with E-state index in [9.17, 15) is 0 Å². The smallest absolute Gasteiger partial charge is 0.0305 e. The van der Waals surface area contributed by atoms with E-state index < -0.39 is 0 Å². The molecule has 0 amide bonds. The molecule has 1 aromatic heterocycles. The molecule has 0 saturated carbocycles. The Morgan fingerprint density at radius 1 is 1.47 bits per heavy atom.